The Labute approximate surface area is 143 Å². The number of urea groups is 1. The molecule has 0 spiro atoms. The van der Waals surface area contributed by atoms with Crippen molar-refractivity contribution in [1.29, 1.82) is 0 Å². The van der Waals surface area contributed by atoms with Crippen LogP contribution in [0.15, 0.2) is 16.5 Å². The number of nitrogens with one attached hydrogen (secondary N) is 2. The van der Waals surface area contributed by atoms with E-state index in [4.69, 9.17) is 4.42 Å². The Hall–Kier alpha value is -1.82. The van der Waals surface area contributed by atoms with Crippen molar-refractivity contribution in [3.63, 3.8) is 0 Å². The summed E-state index contributed by atoms with van der Waals surface area (Å²) < 4.78 is 5.70. The molecule has 2 fully saturated rings. The molecule has 6 heteroatoms. The summed E-state index contributed by atoms with van der Waals surface area (Å²) in [6.45, 7) is 8.97. The molecule has 2 unspecified atom stereocenters. The number of hydrogen-bond donors (Lipinski definition) is 2. The lowest BCUT2D eigenvalue weighted by atomic mass is 9.79. The number of aryl methyl sites for hydroxylation is 1. The Morgan fingerprint density at radius 3 is 2.58 bits per heavy atom. The minimum Gasteiger partial charge on any atom is -0.466 e. The van der Waals surface area contributed by atoms with Gasteiger partial charge in [0, 0.05) is 5.92 Å². The number of likely N-dealkylation sites (tertiary alicyclic amines) is 1. The summed E-state index contributed by atoms with van der Waals surface area (Å²) in [4.78, 5) is 25.9. The third kappa shape index (κ3) is 3.34. The van der Waals surface area contributed by atoms with Crippen molar-refractivity contribution in [3.05, 3.63) is 23.7 Å². The predicted molar refractivity (Wildman–Crippen MR) is 90.7 cm³/mol. The lowest BCUT2D eigenvalue weighted by molar-refractivity contribution is -0.125. The smallest absolute Gasteiger partial charge is 0.322 e. The highest BCUT2D eigenvalue weighted by molar-refractivity contribution is 6.06. The molecule has 2 aliphatic rings. The molecule has 2 N–H and O–H groups in total. The molecule has 0 aliphatic carbocycles. The number of furan rings is 1. The van der Waals surface area contributed by atoms with E-state index in [9.17, 15) is 9.59 Å². The molecule has 0 aromatic carbocycles. The summed E-state index contributed by atoms with van der Waals surface area (Å²) in [5.41, 5.74) is -0.748. The van der Waals surface area contributed by atoms with Crippen LogP contribution in [-0.4, -0.2) is 42.0 Å². The van der Waals surface area contributed by atoms with Crippen LogP contribution in [0.5, 0.6) is 0 Å². The lowest BCUT2D eigenvalue weighted by Crippen LogP contribution is -2.53. The molecule has 3 rings (SSSR count). The Balaban J connectivity index is 1.47. The number of piperidine rings is 1. The maximum Gasteiger partial charge on any atom is 0.322 e. The molecule has 2 aliphatic heterocycles. The van der Waals surface area contributed by atoms with E-state index in [-0.39, 0.29) is 17.9 Å². The van der Waals surface area contributed by atoms with Gasteiger partial charge in [-0.1, -0.05) is 6.92 Å². The van der Waals surface area contributed by atoms with Gasteiger partial charge in [-0.15, -0.1) is 0 Å². The summed E-state index contributed by atoms with van der Waals surface area (Å²) in [7, 11) is 0. The standard InChI is InChI=1S/C18H27N3O3/c1-12(15-5-4-13(2)24-15)6-9-21-10-7-14(8-11-21)18(3)16(22)19-17(23)20-18/h4-5,12,14H,6-11H2,1-3H3,(H2,19,20,22,23). The zero-order valence-corrected chi connectivity index (χ0v) is 14.7. The van der Waals surface area contributed by atoms with Crippen molar-refractivity contribution >= 4 is 11.9 Å². The maximum absolute atomic E-state index is 12.0. The Morgan fingerprint density at radius 2 is 2.04 bits per heavy atom. The van der Waals surface area contributed by atoms with Gasteiger partial charge >= 0.3 is 6.03 Å². The van der Waals surface area contributed by atoms with Crippen LogP contribution < -0.4 is 10.6 Å². The third-order valence-corrected chi connectivity index (χ3v) is 5.60. The van der Waals surface area contributed by atoms with E-state index in [0.29, 0.717) is 5.92 Å². The van der Waals surface area contributed by atoms with Crippen molar-refractivity contribution in [3.8, 4) is 0 Å². The summed E-state index contributed by atoms with van der Waals surface area (Å²) in [6.07, 6.45) is 2.92. The lowest BCUT2D eigenvalue weighted by Gasteiger charge is -2.38. The van der Waals surface area contributed by atoms with Gasteiger partial charge in [0.1, 0.15) is 17.1 Å². The topological polar surface area (TPSA) is 74.6 Å². The fourth-order valence-electron chi connectivity index (χ4n) is 3.81. The van der Waals surface area contributed by atoms with Gasteiger partial charge in [-0.25, -0.2) is 4.79 Å². The van der Waals surface area contributed by atoms with Crippen molar-refractivity contribution in [2.75, 3.05) is 19.6 Å². The number of carbonyl (C=O) groups is 2. The third-order valence-electron chi connectivity index (χ3n) is 5.60. The average Bonchev–Trinajstić information content (AvgIpc) is 3.09. The summed E-state index contributed by atoms with van der Waals surface area (Å²) >= 11 is 0. The first-order valence-corrected chi connectivity index (χ1v) is 8.81. The number of nitrogens with zero attached hydrogens (tertiary/aromatic N) is 1. The summed E-state index contributed by atoms with van der Waals surface area (Å²) in [5, 5.41) is 5.17. The minimum absolute atomic E-state index is 0.187. The Kier molecular flexibility index (Phi) is 4.67. The van der Waals surface area contributed by atoms with Crippen molar-refractivity contribution in [2.45, 2.75) is 51.5 Å². The molecule has 132 valence electrons. The first-order valence-electron chi connectivity index (χ1n) is 8.81. The largest absolute Gasteiger partial charge is 0.466 e. The molecule has 2 saturated heterocycles. The van der Waals surface area contributed by atoms with Gasteiger partial charge in [-0.3, -0.25) is 10.1 Å². The Bertz CT molecular complexity index is 619. The molecule has 3 heterocycles. The van der Waals surface area contributed by atoms with Gasteiger partial charge in [-0.05, 0) is 70.8 Å². The molecule has 1 aromatic heterocycles. The second-order valence-electron chi connectivity index (χ2n) is 7.36. The fraction of sp³-hybridized carbons (Fsp3) is 0.667. The van der Waals surface area contributed by atoms with Gasteiger partial charge in [0.25, 0.3) is 5.91 Å². The highest BCUT2D eigenvalue weighted by atomic mass is 16.3. The predicted octanol–water partition coefficient (Wildman–Crippen LogP) is 2.39. The van der Waals surface area contributed by atoms with Crippen LogP contribution in [0.2, 0.25) is 0 Å². The number of imide groups is 1. The molecule has 0 bridgehead atoms. The van der Waals surface area contributed by atoms with E-state index >= 15 is 0 Å². The van der Waals surface area contributed by atoms with E-state index in [1.54, 1.807) is 0 Å². The van der Waals surface area contributed by atoms with Gasteiger partial charge < -0.3 is 14.6 Å². The number of rotatable bonds is 5. The van der Waals surface area contributed by atoms with Crippen molar-refractivity contribution in [1.82, 2.24) is 15.5 Å². The van der Waals surface area contributed by atoms with E-state index in [1.165, 1.54) is 0 Å². The van der Waals surface area contributed by atoms with Crippen molar-refractivity contribution < 1.29 is 14.0 Å². The molecule has 0 radical (unpaired) electrons. The second kappa shape index (κ2) is 6.59. The monoisotopic (exact) mass is 333 g/mol. The molecule has 1 aromatic rings. The maximum atomic E-state index is 12.0. The van der Waals surface area contributed by atoms with Gasteiger partial charge in [0.2, 0.25) is 0 Å². The van der Waals surface area contributed by atoms with Crippen LogP contribution >= 0.6 is 0 Å². The van der Waals surface area contributed by atoms with Crippen molar-refractivity contribution in [2.24, 2.45) is 5.92 Å². The molecular formula is C18H27N3O3. The van der Waals surface area contributed by atoms with Crippen LogP contribution in [0.1, 0.15) is 50.5 Å². The molecule has 6 nitrogen and oxygen atoms in total. The van der Waals surface area contributed by atoms with Crippen LogP contribution in [0.25, 0.3) is 0 Å². The summed E-state index contributed by atoms with van der Waals surface area (Å²) in [6, 6.07) is 3.71. The highest BCUT2D eigenvalue weighted by Gasteiger charge is 2.48. The quantitative estimate of drug-likeness (QED) is 0.812. The molecule has 3 amide bonds. The van der Waals surface area contributed by atoms with E-state index in [2.05, 4.69) is 28.5 Å². The number of carbonyl (C=O) groups excluding carboxylic acids is 2. The van der Waals surface area contributed by atoms with Gasteiger partial charge in [0.05, 0.1) is 0 Å². The second-order valence-corrected chi connectivity index (χ2v) is 7.36. The Morgan fingerprint density at radius 1 is 1.33 bits per heavy atom. The highest BCUT2D eigenvalue weighted by Crippen LogP contribution is 2.31. The fourth-order valence-corrected chi connectivity index (χ4v) is 3.81. The molecule has 0 saturated carbocycles. The summed E-state index contributed by atoms with van der Waals surface area (Å²) in [5.74, 6) is 2.44. The van der Waals surface area contributed by atoms with Gasteiger partial charge in [0.15, 0.2) is 0 Å². The number of hydrogen-bond acceptors (Lipinski definition) is 4. The van der Waals surface area contributed by atoms with Gasteiger partial charge in [-0.2, -0.15) is 0 Å². The van der Waals surface area contributed by atoms with Crippen LogP contribution in [0, 0.1) is 12.8 Å². The first-order chi connectivity index (χ1) is 11.4. The minimum atomic E-state index is -0.748. The number of amides is 3. The molecule has 24 heavy (non-hydrogen) atoms. The van der Waals surface area contributed by atoms with Crippen LogP contribution in [0.4, 0.5) is 4.79 Å². The van der Waals surface area contributed by atoms with Crippen LogP contribution in [-0.2, 0) is 4.79 Å². The van der Waals surface area contributed by atoms with E-state index in [1.807, 2.05) is 19.9 Å². The van der Waals surface area contributed by atoms with E-state index in [0.717, 1.165) is 50.4 Å². The SMILES string of the molecule is Cc1ccc(C(C)CCN2CCC(C3(C)NC(=O)NC3=O)CC2)o1. The average molecular weight is 333 g/mol. The normalized spacial score (nSPS) is 27.1. The zero-order chi connectivity index (χ0) is 17.3. The zero-order valence-electron chi connectivity index (χ0n) is 14.7. The molecule has 2 atom stereocenters. The first kappa shape index (κ1) is 17.0. The molecular weight excluding hydrogens is 306 g/mol. The van der Waals surface area contributed by atoms with Crippen LogP contribution in [0.3, 0.4) is 0 Å². The van der Waals surface area contributed by atoms with E-state index < -0.39 is 5.54 Å².